The normalized spacial score (nSPS) is 10.8. The molecule has 0 fully saturated rings. The average Bonchev–Trinajstić information content (AvgIpc) is 2.83. The van der Waals surface area contributed by atoms with Crippen molar-refractivity contribution in [3.8, 4) is 0 Å². The van der Waals surface area contributed by atoms with Crippen LogP contribution in [0.5, 0.6) is 0 Å². The Morgan fingerprint density at radius 1 is 1.40 bits per heavy atom. The Morgan fingerprint density at radius 2 is 2.27 bits per heavy atom. The maximum atomic E-state index is 4.31. The fraction of sp³-hybridized carbons (Fsp3) is 0.455. The lowest BCUT2D eigenvalue weighted by Gasteiger charge is -2.05. The summed E-state index contributed by atoms with van der Waals surface area (Å²) < 4.78 is 2.22. The molecule has 2 aromatic rings. The molecular weight excluding hydrogens is 206 g/mol. The second-order valence-electron chi connectivity index (χ2n) is 3.50. The predicted octanol–water partition coefficient (Wildman–Crippen LogP) is 2.45. The van der Waals surface area contributed by atoms with Crippen LogP contribution in [0, 0.1) is 6.92 Å². The number of nitrogens with zero attached hydrogens (tertiary/aromatic N) is 3. The summed E-state index contributed by atoms with van der Waals surface area (Å²) in [5, 5.41) is 0. The molecule has 0 aliphatic heterocycles. The van der Waals surface area contributed by atoms with Crippen LogP contribution in [0.4, 0.5) is 0 Å². The van der Waals surface area contributed by atoms with Gasteiger partial charge < -0.3 is 4.57 Å². The first kappa shape index (κ1) is 10.4. The van der Waals surface area contributed by atoms with Crippen LogP contribution in [0.15, 0.2) is 17.9 Å². The second-order valence-corrected chi connectivity index (χ2v) is 4.44. The highest BCUT2D eigenvalue weighted by Gasteiger charge is 2.03. The summed E-state index contributed by atoms with van der Waals surface area (Å²) in [6, 6.07) is 0. The van der Waals surface area contributed by atoms with Gasteiger partial charge in [0.1, 0.15) is 5.82 Å². The van der Waals surface area contributed by atoms with E-state index in [1.54, 1.807) is 11.3 Å². The van der Waals surface area contributed by atoms with Crippen molar-refractivity contribution in [1.82, 2.24) is 14.5 Å². The summed E-state index contributed by atoms with van der Waals surface area (Å²) in [4.78, 5) is 9.94. The summed E-state index contributed by atoms with van der Waals surface area (Å²) in [6.45, 7) is 5.21. The largest absolute Gasteiger partial charge is 0.335 e. The molecule has 0 radical (unpaired) electrons. The number of imidazole rings is 1. The standard InChI is InChI=1S/C11H15N3S/c1-3-11-12-5-7-14(11)6-4-10-9(2)13-8-15-10/h5,7-8H,3-4,6H2,1-2H3. The van der Waals surface area contributed by atoms with Gasteiger partial charge in [0.15, 0.2) is 0 Å². The van der Waals surface area contributed by atoms with Crippen LogP contribution in [0.25, 0.3) is 0 Å². The van der Waals surface area contributed by atoms with E-state index < -0.39 is 0 Å². The molecule has 0 aliphatic rings. The molecule has 80 valence electrons. The van der Waals surface area contributed by atoms with E-state index in [4.69, 9.17) is 0 Å². The quantitative estimate of drug-likeness (QED) is 0.794. The van der Waals surface area contributed by atoms with E-state index in [-0.39, 0.29) is 0 Å². The molecule has 2 heterocycles. The van der Waals surface area contributed by atoms with E-state index in [0.29, 0.717) is 0 Å². The van der Waals surface area contributed by atoms with Crippen LogP contribution in [0.3, 0.4) is 0 Å². The lowest BCUT2D eigenvalue weighted by molar-refractivity contribution is 0.658. The highest BCUT2D eigenvalue weighted by atomic mass is 32.1. The third-order valence-corrected chi connectivity index (χ3v) is 3.54. The zero-order chi connectivity index (χ0) is 10.7. The third-order valence-electron chi connectivity index (χ3n) is 2.54. The fourth-order valence-electron chi connectivity index (χ4n) is 1.65. The van der Waals surface area contributed by atoms with Crippen LogP contribution >= 0.6 is 11.3 Å². The lowest BCUT2D eigenvalue weighted by atomic mass is 10.3. The SMILES string of the molecule is CCc1nccn1CCc1scnc1C. The Balaban J connectivity index is 2.02. The van der Waals surface area contributed by atoms with Crippen LogP contribution in [0.2, 0.25) is 0 Å². The van der Waals surface area contributed by atoms with Crippen molar-refractivity contribution in [1.29, 1.82) is 0 Å². The maximum absolute atomic E-state index is 4.31. The van der Waals surface area contributed by atoms with E-state index >= 15 is 0 Å². The molecule has 0 spiro atoms. The smallest absolute Gasteiger partial charge is 0.108 e. The summed E-state index contributed by atoms with van der Waals surface area (Å²) in [5.74, 6) is 1.16. The van der Waals surface area contributed by atoms with Crippen molar-refractivity contribution in [2.24, 2.45) is 0 Å². The van der Waals surface area contributed by atoms with Crippen molar-refractivity contribution in [3.63, 3.8) is 0 Å². The first-order valence-electron chi connectivity index (χ1n) is 5.20. The van der Waals surface area contributed by atoms with Crippen LogP contribution < -0.4 is 0 Å². The fourth-order valence-corrected chi connectivity index (χ4v) is 2.42. The molecule has 2 rings (SSSR count). The van der Waals surface area contributed by atoms with E-state index in [0.717, 1.165) is 30.9 Å². The van der Waals surface area contributed by atoms with Gasteiger partial charge >= 0.3 is 0 Å². The first-order valence-corrected chi connectivity index (χ1v) is 6.08. The molecule has 0 N–H and O–H groups in total. The average molecular weight is 221 g/mol. The van der Waals surface area contributed by atoms with Crippen molar-refractivity contribution in [2.75, 3.05) is 0 Å². The Labute approximate surface area is 93.8 Å². The van der Waals surface area contributed by atoms with Gasteiger partial charge in [0.05, 0.1) is 11.2 Å². The highest BCUT2D eigenvalue weighted by molar-refractivity contribution is 7.09. The minimum absolute atomic E-state index is 0.995. The van der Waals surface area contributed by atoms with Gasteiger partial charge in [-0.3, -0.25) is 0 Å². The number of hydrogen-bond donors (Lipinski definition) is 0. The zero-order valence-corrected chi connectivity index (χ0v) is 9.92. The van der Waals surface area contributed by atoms with Gasteiger partial charge in [0.25, 0.3) is 0 Å². The third kappa shape index (κ3) is 2.26. The molecule has 3 nitrogen and oxygen atoms in total. The summed E-state index contributed by atoms with van der Waals surface area (Å²) in [7, 11) is 0. The summed E-state index contributed by atoms with van der Waals surface area (Å²) in [6.07, 6.45) is 5.97. The Kier molecular flexibility index (Phi) is 3.16. The minimum atomic E-state index is 0.995. The minimum Gasteiger partial charge on any atom is -0.335 e. The van der Waals surface area contributed by atoms with Crippen LogP contribution in [-0.2, 0) is 19.4 Å². The summed E-state index contributed by atoms with van der Waals surface area (Å²) in [5.41, 5.74) is 3.08. The Hall–Kier alpha value is -1.16. The van der Waals surface area contributed by atoms with Gasteiger partial charge in [-0.1, -0.05) is 6.92 Å². The van der Waals surface area contributed by atoms with Gasteiger partial charge in [-0.15, -0.1) is 11.3 Å². The number of hydrogen-bond acceptors (Lipinski definition) is 3. The van der Waals surface area contributed by atoms with Crippen molar-refractivity contribution < 1.29 is 0 Å². The number of aromatic nitrogens is 3. The molecule has 15 heavy (non-hydrogen) atoms. The lowest BCUT2D eigenvalue weighted by Crippen LogP contribution is -2.04. The molecule has 0 atom stereocenters. The van der Waals surface area contributed by atoms with Crippen LogP contribution in [0.1, 0.15) is 23.3 Å². The van der Waals surface area contributed by atoms with Gasteiger partial charge in [-0.2, -0.15) is 0 Å². The molecule has 4 heteroatoms. The number of thiazole rings is 1. The van der Waals surface area contributed by atoms with Crippen molar-refractivity contribution >= 4 is 11.3 Å². The first-order chi connectivity index (χ1) is 7.31. The van der Waals surface area contributed by atoms with E-state index in [9.17, 15) is 0 Å². The maximum Gasteiger partial charge on any atom is 0.108 e. The van der Waals surface area contributed by atoms with Crippen molar-refractivity contribution in [2.45, 2.75) is 33.2 Å². The Bertz CT molecular complexity index is 430. The molecule has 0 saturated carbocycles. The van der Waals surface area contributed by atoms with Gasteiger partial charge in [0, 0.05) is 36.7 Å². The topological polar surface area (TPSA) is 30.7 Å². The van der Waals surface area contributed by atoms with E-state index in [1.165, 1.54) is 4.88 Å². The molecule has 0 saturated heterocycles. The van der Waals surface area contributed by atoms with Crippen LogP contribution in [-0.4, -0.2) is 14.5 Å². The van der Waals surface area contributed by atoms with Gasteiger partial charge in [0.2, 0.25) is 0 Å². The monoisotopic (exact) mass is 221 g/mol. The number of aryl methyl sites for hydroxylation is 4. The Morgan fingerprint density at radius 3 is 2.93 bits per heavy atom. The predicted molar refractivity (Wildman–Crippen MR) is 62.2 cm³/mol. The molecular formula is C11H15N3S. The molecule has 0 aromatic carbocycles. The van der Waals surface area contributed by atoms with Gasteiger partial charge in [-0.05, 0) is 6.92 Å². The van der Waals surface area contributed by atoms with Gasteiger partial charge in [-0.25, -0.2) is 9.97 Å². The molecule has 0 unspecified atom stereocenters. The highest BCUT2D eigenvalue weighted by Crippen LogP contribution is 2.14. The van der Waals surface area contributed by atoms with E-state index in [2.05, 4.69) is 34.6 Å². The van der Waals surface area contributed by atoms with E-state index in [1.807, 2.05) is 11.7 Å². The molecule has 2 aromatic heterocycles. The van der Waals surface area contributed by atoms with Crippen molar-refractivity contribution in [3.05, 3.63) is 34.3 Å². The second kappa shape index (κ2) is 4.57. The molecule has 0 amide bonds. The zero-order valence-electron chi connectivity index (χ0n) is 9.10. The molecule has 0 aliphatic carbocycles. The number of rotatable bonds is 4. The summed E-state index contributed by atoms with van der Waals surface area (Å²) >= 11 is 1.74. The molecule has 0 bridgehead atoms.